The highest BCUT2D eigenvalue weighted by Gasteiger charge is 2.21. The summed E-state index contributed by atoms with van der Waals surface area (Å²) in [5, 5.41) is 4.30. The van der Waals surface area contributed by atoms with E-state index in [1.54, 1.807) is 25.2 Å². The Balaban J connectivity index is 2.30. The molecule has 0 spiro atoms. The van der Waals surface area contributed by atoms with Crippen LogP contribution in [0.15, 0.2) is 27.8 Å². The molecular formula is C14H16ClN3O2. The number of fused-ring (bicyclic) bond motifs is 1. The molecule has 0 amide bonds. The number of rotatable bonds is 1. The standard InChI is InChI=1S/C14H16ClN3O2/c1-17-12-8-9(15)2-3-11(12)13(19)18(14(17)20)10-4-6-16-7-5-10/h2-3,8,10,16H,4-7H2,1H3. The Hall–Kier alpha value is -1.59. The Kier molecular flexibility index (Phi) is 3.40. The zero-order valence-electron chi connectivity index (χ0n) is 11.2. The Morgan fingerprint density at radius 1 is 1.25 bits per heavy atom. The third-order valence-corrected chi connectivity index (χ3v) is 4.17. The fourth-order valence-electron chi connectivity index (χ4n) is 2.83. The zero-order chi connectivity index (χ0) is 14.3. The summed E-state index contributed by atoms with van der Waals surface area (Å²) in [7, 11) is 1.68. The van der Waals surface area contributed by atoms with Crippen LogP contribution in [0.1, 0.15) is 18.9 Å². The maximum Gasteiger partial charge on any atom is 0.331 e. The average Bonchev–Trinajstić information content (AvgIpc) is 2.46. The SMILES string of the molecule is Cn1c(=O)n(C2CCNCC2)c(=O)c2ccc(Cl)cc21. The van der Waals surface area contributed by atoms with Gasteiger partial charge in [0, 0.05) is 18.1 Å². The van der Waals surface area contributed by atoms with Crippen LogP contribution in [-0.2, 0) is 7.05 Å². The number of nitrogens with zero attached hydrogens (tertiary/aromatic N) is 2. The van der Waals surface area contributed by atoms with Gasteiger partial charge in [-0.1, -0.05) is 11.6 Å². The second-order valence-electron chi connectivity index (χ2n) is 5.16. The molecule has 1 aromatic heterocycles. The van der Waals surface area contributed by atoms with Gasteiger partial charge < -0.3 is 5.32 Å². The van der Waals surface area contributed by atoms with E-state index in [1.165, 1.54) is 9.13 Å². The molecule has 1 saturated heterocycles. The van der Waals surface area contributed by atoms with Crippen LogP contribution in [0.25, 0.3) is 10.9 Å². The molecule has 2 heterocycles. The highest BCUT2D eigenvalue weighted by atomic mass is 35.5. The van der Waals surface area contributed by atoms with Crippen molar-refractivity contribution in [3.63, 3.8) is 0 Å². The fraction of sp³-hybridized carbons (Fsp3) is 0.429. The molecule has 106 valence electrons. The lowest BCUT2D eigenvalue weighted by atomic mass is 10.1. The van der Waals surface area contributed by atoms with Gasteiger partial charge in [0.15, 0.2) is 0 Å². The van der Waals surface area contributed by atoms with Crippen molar-refractivity contribution in [1.82, 2.24) is 14.5 Å². The maximum absolute atomic E-state index is 12.6. The third kappa shape index (κ3) is 2.07. The summed E-state index contributed by atoms with van der Waals surface area (Å²) in [6, 6.07) is 5.01. The molecular weight excluding hydrogens is 278 g/mol. The second kappa shape index (κ2) is 5.07. The lowest BCUT2D eigenvalue weighted by Crippen LogP contribution is -2.44. The van der Waals surface area contributed by atoms with E-state index in [9.17, 15) is 9.59 Å². The number of hydrogen-bond acceptors (Lipinski definition) is 3. The molecule has 1 aliphatic heterocycles. The minimum absolute atomic E-state index is 0.0254. The van der Waals surface area contributed by atoms with Gasteiger partial charge in [0.1, 0.15) is 0 Å². The quantitative estimate of drug-likeness (QED) is 0.862. The van der Waals surface area contributed by atoms with E-state index >= 15 is 0 Å². The Labute approximate surface area is 120 Å². The largest absolute Gasteiger partial charge is 0.331 e. The zero-order valence-corrected chi connectivity index (χ0v) is 12.0. The van der Waals surface area contributed by atoms with Gasteiger partial charge in [-0.3, -0.25) is 13.9 Å². The first-order valence-electron chi connectivity index (χ1n) is 6.71. The summed E-state index contributed by atoms with van der Waals surface area (Å²) in [5.74, 6) is 0. The van der Waals surface area contributed by atoms with Gasteiger partial charge in [-0.05, 0) is 44.1 Å². The molecule has 0 radical (unpaired) electrons. The predicted molar refractivity (Wildman–Crippen MR) is 79.6 cm³/mol. The summed E-state index contributed by atoms with van der Waals surface area (Å²) in [4.78, 5) is 25.1. The van der Waals surface area contributed by atoms with Crippen LogP contribution in [0.3, 0.4) is 0 Å². The highest BCUT2D eigenvalue weighted by Crippen LogP contribution is 2.18. The summed E-state index contributed by atoms with van der Waals surface area (Å²) in [6.07, 6.45) is 1.60. The van der Waals surface area contributed by atoms with Crippen molar-refractivity contribution in [2.45, 2.75) is 18.9 Å². The molecule has 3 rings (SSSR count). The van der Waals surface area contributed by atoms with E-state index in [1.807, 2.05) is 0 Å². The first kappa shape index (κ1) is 13.4. The van der Waals surface area contributed by atoms with E-state index in [0.29, 0.717) is 15.9 Å². The molecule has 1 aliphatic rings. The first-order valence-corrected chi connectivity index (χ1v) is 7.09. The number of nitrogens with one attached hydrogen (secondary N) is 1. The lowest BCUT2D eigenvalue weighted by molar-refractivity contribution is 0.347. The third-order valence-electron chi connectivity index (χ3n) is 3.94. The maximum atomic E-state index is 12.6. The molecule has 0 atom stereocenters. The molecule has 0 saturated carbocycles. The minimum Gasteiger partial charge on any atom is -0.317 e. The van der Waals surface area contributed by atoms with Crippen molar-refractivity contribution >= 4 is 22.5 Å². The molecule has 1 fully saturated rings. The summed E-state index contributed by atoms with van der Waals surface area (Å²) < 4.78 is 2.90. The summed E-state index contributed by atoms with van der Waals surface area (Å²) >= 11 is 5.95. The van der Waals surface area contributed by atoms with Crippen LogP contribution in [0.5, 0.6) is 0 Å². The molecule has 0 aliphatic carbocycles. The Morgan fingerprint density at radius 2 is 1.95 bits per heavy atom. The van der Waals surface area contributed by atoms with Crippen LogP contribution in [-0.4, -0.2) is 22.2 Å². The Bertz CT molecular complexity index is 772. The van der Waals surface area contributed by atoms with Gasteiger partial charge >= 0.3 is 5.69 Å². The average molecular weight is 294 g/mol. The minimum atomic E-state index is -0.267. The highest BCUT2D eigenvalue weighted by molar-refractivity contribution is 6.31. The summed E-state index contributed by atoms with van der Waals surface area (Å²) in [6.45, 7) is 1.66. The van der Waals surface area contributed by atoms with Gasteiger partial charge in [-0.15, -0.1) is 0 Å². The van der Waals surface area contributed by atoms with E-state index < -0.39 is 0 Å². The van der Waals surface area contributed by atoms with Crippen molar-refractivity contribution in [2.75, 3.05) is 13.1 Å². The van der Waals surface area contributed by atoms with Crippen molar-refractivity contribution < 1.29 is 0 Å². The van der Waals surface area contributed by atoms with Crippen LogP contribution in [0.4, 0.5) is 0 Å². The second-order valence-corrected chi connectivity index (χ2v) is 5.60. The molecule has 20 heavy (non-hydrogen) atoms. The van der Waals surface area contributed by atoms with E-state index in [0.717, 1.165) is 25.9 Å². The number of benzene rings is 1. The van der Waals surface area contributed by atoms with Gasteiger partial charge in [0.05, 0.1) is 10.9 Å². The first-order chi connectivity index (χ1) is 9.59. The molecule has 0 unspecified atom stereocenters. The van der Waals surface area contributed by atoms with Crippen molar-refractivity contribution in [2.24, 2.45) is 7.05 Å². The molecule has 2 aromatic rings. The number of aromatic nitrogens is 2. The number of halogens is 1. The topological polar surface area (TPSA) is 56.0 Å². The smallest absolute Gasteiger partial charge is 0.317 e. The molecule has 1 aromatic carbocycles. The molecule has 0 bridgehead atoms. The summed E-state index contributed by atoms with van der Waals surface area (Å²) in [5.41, 5.74) is 0.0982. The van der Waals surface area contributed by atoms with Gasteiger partial charge in [-0.2, -0.15) is 0 Å². The molecule has 5 nitrogen and oxygen atoms in total. The van der Waals surface area contributed by atoms with Crippen molar-refractivity contribution in [3.8, 4) is 0 Å². The van der Waals surface area contributed by atoms with Gasteiger partial charge in [0.2, 0.25) is 0 Å². The monoisotopic (exact) mass is 293 g/mol. The van der Waals surface area contributed by atoms with Gasteiger partial charge in [-0.25, -0.2) is 4.79 Å². The molecule has 6 heteroatoms. The Morgan fingerprint density at radius 3 is 2.65 bits per heavy atom. The number of aryl methyl sites for hydroxylation is 1. The molecule has 1 N–H and O–H groups in total. The fourth-order valence-corrected chi connectivity index (χ4v) is 3.00. The van der Waals surface area contributed by atoms with E-state index in [-0.39, 0.29) is 17.3 Å². The normalized spacial score (nSPS) is 16.7. The van der Waals surface area contributed by atoms with E-state index in [2.05, 4.69) is 5.32 Å². The van der Waals surface area contributed by atoms with Crippen LogP contribution < -0.4 is 16.6 Å². The van der Waals surface area contributed by atoms with Crippen LogP contribution in [0, 0.1) is 0 Å². The van der Waals surface area contributed by atoms with Crippen molar-refractivity contribution in [3.05, 3.63) is 44.1 Å². The van der Waals surface area contributed by atoms with Gasteiger partial charge in [0.25, 0.3) is 5.56 Å². The van der Waals surface area contributed by atoms with E-state index in [4.69, 9.17) is 11.6 Å². The lowest BCUT2D eigenvalue weighted by Gasteiger charge is -2.24. The van der Waals surface area contributed by atoms with Crippen molar-refractivity contribution in [1.29, 1.82) is 0 Å². The van der Waals surface area contributed by atoms with Crippen LogP contribution >= 0.6 is 11.6 Å². The number of piperidine rings is 1. The van der Waals surface area contributed by atoms with Crippen LogP contribution in [0.2, 0.25) is 5.02 Å². The predicted octanol–water partition coefficient (Wildman–Crippen LogP) is 1.28. The number of hydrogen-bond donors (Lipinski definition) is 1.